The van der Waals surface area contributed by atoms with Gasteiger partial charge in [0.1, 0.15) is 5.54 Å². The highest BCUT2D eigenvalue weighted by atomic mass is 32.1. The Morgan fingerprint density at radius 1 is 1.39 bits per heavy atom. The first kappa shape index (κ1) is 16.1. The smallest absolute Gasteiger partial charge is 0.331 e. The molecule has 0 aliphatic carbocycles. The van der Waals surface area contributed by atoms with Crippen LogP contribution in [0, 0.1) is 0 Å². The van der Waals surface area contributed by atoms with Gasteiger partial charge in [0.2, 0.25) is 0 Å². The van der Waals surface area contributed by atoms with E-state index in [1.807, 2.05) is 48.7 Å². The van der Waals surface area contributed by atoms with Gasteiger partial charge in [0.25, 0.3) is 0 Å². The fraction of sp³-hybridized carbons (Fsp3) is 0.353. The number of rotatable bonds is 5. The fourth-order valence-electron chi connectivity index (χ4n) is 2.77. The van der Waals surface area contributed by atoms with Gasteiger partial charge in [0.15, 0.2) is 0 Å². The molecule has 5 nitrogen and oxygen atoms in total. The van der Waals surface area contributed by atoms with Crippen LogP contribution in [-0.2, 0) is 26.5 Å². The summed E-state index contributed by atoms with van der Waals surface area (Å²) in [6, 6.07) is 12.0. The highest BCUT2D eigenvalue weighted by Gasteiger charge is 2.43. The van der Waals surface area contributed by atoms with Crippen molar-refractivity contribution in [2.24, 2.45) is 0 Å². The lowest BCUT2D eigenvalue weighted by atomic mass is 9.89. The van der Waals surface area contributed by atoms with Gasteiger partial charge in [-0.25, -0.2) is 4.79 Å². The van der Waals surface area contributed by atoms with Crippen molar-refractivity contribution < 1.29 is 14.4 Å². The number of esters is 1. The second-order valence-electron chi connectivity index (χ2n) is 5.65. The molecule has 1 aromatic carbocycles. The van der Waals surface area contributed by atoms with E-state index < -0.39 is 5.54 Å². The van der Waals surface area contributed by atoms with Crippen molar-refractivity contribution in [3.63, 3.8) is 0 Å². The van der Waals surface area contributed by atoms with Gasteiger partial charge in [-0.3, -0.25) is 10.2 Å². The number of fused-ring (bicyclic) bond motifs is 1. The summed E-state index contributed by atoms with van der Waals surface area (Å²) in [4.78, 5) is 18.7. The fourth-order valence-corrected chi connectivity index (χ4v) is 3.86. The third-order valence-electron chi connectivity index (χ3n) is 4.09. The summed E-state index contributed by atoms with van der Waals surface area (Å²) in [6.45, 7) is 2.93. The Morgan fingerprint density at radius 2 is 2.17 bits per heavy atom. The molecule has 23 heavy (non-hydrogen) atoms. The lowest BCUT2D eigenvalue weighted by molar-refractivity contribution is -0.148. The second kappa shape index (κ2) is 6.80. The lowest BCUT2D eigenvalue weighted by Crippen LogP contribution is -2.53. The number of carbonyl (C=O) groups excluding carboxylic acids is 1. The molecule has 0 saturated heterocycles. The molecule has 1 aliphatic heterocycles. The SMILES string of the molecule is COC(=O)[C@]1(C)NC[C@@H](NOCc2ccccc2)c2ccsc21. The molecule has 0 spiro atoms. The van der Waals surface area contributed by atoms with Gasteiger partial charge in [0.05, 0.1) is 19.8 Å². The summed E-state index contributed by atoms with van der Waals surface area (Å²) < 4.78 is 4.95. The summed E-state index contributed by atoms with van der Waals surface area (Å²) in [5.74, 6) is -0.273. The van der Waals surface area contributed by atoms with Gasteiger partial charge < -0.3 is 4.74 Å². The van der Waals surface area contributed by atoms with Crippen LogP contribution >= 0.6 is 11.3 Å². The molecule has 122 valence electrons. The van der Waals surface area contributed by atoms with E-state index in [0.717, 1.165) is 16.0 Å². The molecule has 3 rings (SSSR count). The summed E-state index contributed by atoms with van der Waals surface area (Å²) in [7, 11) is 1.41. The molecule has 2 atom stereocenters. The Balaban J connectivity index is 1.68. The Kier molecular flexibility index (Phi) is 4.77. The maximum atomic E-state index is 12.1. The highest BCUT2D eigenvalue weighted by molar-refractivity contribution is 7.10. The Bertz CT molecular complexity index is 673. The molecule has 0 unspecified atom stereocenters. The van der Waals surface area contributed by atoms with Gasteiger partial charge in [-0.05, 0) is 29.5 Å². The van der Waals surface area contributed by atoms with Crippen molar-refractivity contribution in [2.45, 2.75) is 25.1 Å². The number of hydrogen-bond acceptors (Lipinski definition) is 6. The second-order valence-corrected chi connectivity index (χ2v) is 6.56. The van der Waals surface area contributed by atoms with E-state index in [2.05, 4.69) is 10.8 Å². The molecular weight excluding hydrogens is 312 g/mol. The zero-order chi connectivity index (χ0) is 16.3. The number of hydroxylamine groups is 1. The van der Waals surface area contributed by atoms with E-state index in [0.29, 0.717) is 13.2 Å². The number of thiophene rings is 1. The largest absolute Gasteiger partial charge is 0.467 e. The van der Waals surface area contributed by atoms with Crippen molar-refractivity contribution in [1.29, 1.82) is 0 Å². The van der Waals surface area contributed by atoms with Gasteiger partial charge in [-0.2, -0.15) is 5.48 Å². The van der Waals surface area contributed by atoms with E-state index in [-0.39, 0.29) is 12.0 Å². The first-order chi connectivity index (χ1) is 11.1. The molecule has 2 heterocycles. The minimum atomic E-state index is -0.796. The Hall–Kier alpha value is -1.73. The van der Waals surface area contributed by atoms with Gasteiger partial charge in [-0.15, -0.1) is 11.3 Å². The number of hydrogen-bond donors (Lipinski definition) is 2. The highest BCUT2D eigenvalue weighted by Crippen LogP contribution is 2.37. The third-order valence-corrected chi connectivity index (χ3v) is 5.24. The summed E-state index contributed by atoms with van der Waals surface area (Å²) in [5.41, 5.74) is 4.49. The zero-order valence-electron chi connectivity index (χ0n) is 13.2. The van der Waals surface area contributed by atoms with Crippen LogP contribution in [0.3, 0.4) is 0 Å². The first-order valence-corrected chi connectivity index (χ1v) is 8.35. The van der Waals surface area contributed by atoms with Crippen LogP contribution in [0.1, 0.15) is 29.0 Å². The Morgan fingerprint density at radius 3 is 2.91 bits per heavy atom. The number of nitrogens with one attached hydrogen (secondary N) is 2. The van der Waals surface area contributed by atoms with Crippen molar-refractivity contribution in [3.05, 3.63) is 57.8 Å². The molecular formula is C17H20N2O3S. The number of benzene rings is 1. The molecule has 0 radical (unpaired) electrons. The van der Waals surface area contributed by atoms with Crippen LogP contribution in [0.4, 0.5) is 0 Å². The monoisotopic (exact) mass is 332 g/mol. The van der Waals surface area contributed by atoms with E-state index in [9.17, 15) is 4.79 Å². The van der Waals surface area contributed by atoms with E-state index in [1.54, 1.807) is 11.3 Å². The average molecular weight is 332 g/mol. The zero-order valence-corrected chi connectivity index (χ0v) is 14.0. The maximum absolute atomic E-state index is 12.1. The number of ether oxygens (including phenoxy) is 1. The van der Waals surface area contributed by atoms with Gasteiger partial charge in [0, 0.05) is 11.4 Å². The number of methoxy groups -OCH3 is 1. The molecule has 2 aromatic rings. The molecule has 6 heteroatoms. The normalized spacial score (nSPS) is 23.3. The lowest BCUT2D eigenvalue weighted by Gasteiger charge is -2.36. The van der Waals surface area contributed by atoms with Crippen molar-refractivity contribution in [2.75, 3.05) is 13.7 Å². The molecule has 1 aromatic heterocycles. The minimum Gasteiger partial charge on any atom is -0.467 e. The third kappa shape index (κ3) is 3.16. The summed E-state index contributed by atoms with van der Waals surface area (Å²) >= 11 is 1.55. The summed E-state index contributed by atoms with van der Waals surface area (Å²) in [6.07, 6.45) is 0. The molecule has 2 N–H and O–H groups in total. The minimum absolute atomic E-state index is 0.00214. The Labute approximate surface area is 139 Å². The van der Waals surface area contributed by atoms with Crippen LogP contribution in [0.2, 0.25) is 0 Å². The van der Waals surface area contributed by atoms with Crippen molar-refractivity contribution >= 4 is 17.3 Å². The van der Waals surface area contributed by atoms with Crippen molar-refractivity contribution in [3.8, 4) is 0 Å². The molecule has 1 aliphatic rings. The maximum Gasteiger partial charge on any atom is 0.331 e. The van der Waals surface area contributed by atoms with E-state index in [1.165, 1.54) is 7.11 Å². The predicted molar refractivity (Wildman–Crippen MR) is 88.8 cm³/mol. The summed E-state index contributed by atoms with van der Waals surface area (Å²) in [5, 5.41) is 5.27. The van der Waals surface area contributed by atoms with Crippen LogP contribution in [0.25, 0.3) is 0 Å². The van der Waals surface area contributed by atoms with Crippen molar-refractivity contribution in [1.82, 2.24) is 10.8 Å². The van der Waals surface area contributed by atoms with E-state index >= 15 is 0 Å². The molecule has 0 fully saturated rings. The average Bonchev–Trinajstić information content (AvgIpc) is 3.08. The number of carbonyl (C=O) groups is 1. The van der Waals surface area contributed by atoms with Crippen LogP contribution in [0.5, 0.6) is 0 Å². The van der Waals surface area contributed by atoms with Crippen LogP contribution in [-0.4, -0.2) is 19.6 Å². The van der Waals surface area contributed by atoms with Gasteiger partial charge in [-0.1, -0.05) is 30.3 Å². The van der Waals surface area contributed by atoms with Crippen LogP contribution < -0.4 is 10.8 Å². The van der Waals surface area contributed by atoms with Crippen LogP contribution in [0.15, 0.2) is 41.8 Å². The standard InChI is InChI=1S/C17H20N2O3S/c1-17(16(20)21-2)15-13(8-9-23-15)14(10-18-17)19-22-11-12-6-4-3-5-7-12/h3-9,14,18-19H,10-11H2,1-2H3/t14-,17-/m1/s1. The first-order valence-electron chi connectivity index (χ1n) is 7.47. The van der Waals surface area contributed by atoms with Gasteiger partial charge >= 0.3 is 5.97 Å². The van der Waals surface area contributed by atoms with E-state index in [4.69, 9.17) is 9.57 Å². The topological polar surface area (TPSA) is 59.6 Å². The predicted octanol–water partition coefficient (Wildman–Crippen LogP) is 2.50. The molecule has 0 saturated carbocycles. The molecule has 0 bridgehead atoms. The molecule has 0 amide bonds. The quantitative estimate of drug-likeness (QED) is 0.651.